The number of hydrogen-bond donors (Lipinski definition) is 1. The van der Waals surface area contributed by atoms with E-state index < -0.39 is 37.9 Å². The Morgan fingerprint density at radius 3 is 3.25 bits per heavy atom. The fourth-order valence-electron chi connectivity index (χ4n) is 0.270. The summed E-state index contributed by atoms with van der Waals surface area (Å²) in [6, 6.07) is 0. The minimum atomic E-state index is -3.56. The molecule has 0 aromatic carbocycles. The molecule has 2 heteroatoms. The second kappa shape index (κ2) is 2.70. The third kappa shape index (κ3) is 1.52. The molecule has 0 bridgehead atoms. The number of nitrogens with one attached hydrogen (secondary N) is 1. The van der Waals surface area contributed by atoms with Crippen molar-refractivity contribution in [3.8, 4) is 0 Å². The van der Waals surface area contributed by atoms with Gasteiger partial charge in [-0.15, -0.1) is 0 Å². The summed E-state index contributed by atoms with van der Waals surface area (Å²) >= 11 is 0. The molecule has 0 aromatic heterocycles. The molecule has 0 atom stereocenters. The van der Waals surface area contributed by atoms with Crippen LogP contribution >= 0.6 is 0 Å². The molecule has 0 spiro atoms. The molecule has 1 fully saturated rings. The minimum absolute atomic E-state index is 1.37. The number of carbonyl (C=O) groups excluding carboxylic acids is 1. The van der Waals surface area contributed by atoms with E-state index in [1.54, 1.807) is 0 Å². The van der Waals surface area contributed by atoms with Crippen LogP contribution in [0.2, 0.25) is 0 Å². The van der Waals surface area contributed by atoms with Gasteiger partial charge in [-0.1, -0.05) is 6.37 Å². The first kappa shape index (κ1) is 1.02. The predicted molar refractivity (Wildman–Crippen MR) is 31.5 cm³/mol. The van der Waals surface area contributed by atoms with Gasteiger partial charge in [-0.05, 0) is 12.7 Å². The Bertz CT molecular complexity index is 388. The molecule has 1 aliphatic heterocycles. The summed E-state index contributed by atoms with van der Waals surface area (Å²) in [6.45, 7) is -3.25. The summed E-state index contributed by atoms with van der Waals surface area (Å²) in [5, 5.41) is 1.37. The normalized spacial score (nSPS) is 71.8. The van der Waals surface area contributed by atoms with Crippen molar-refractivity contribution in [3.63, 3.8) is 0 Å². The maximum atomic E-state index is 11.4. The molecule has 1 heterocycles. The van der Waals surface area contributed by atoms with Gasteiger partial charge in [-0.3, -0.25) is 4.79 Å². The van der Waals surface area contributed by atoms with Gasteiger partial charge in [0.25, 0.3) is 0 Å². The summed E-state index contributed by atoms with van der Waals surface area (Å²) < 4.78 is 73.5. The van der Waals surface area contributed by atoms with Crippen LogP contribution in [0.1, 0.15) is 39.2 Å². The second-order valence-corrected chi connectivity index (χ2v) is 1.08. The van der Waals surface area contributed by atoms with E-state index in [9.17, 15) is 4.79 Å². The quantitative estimate of drug-likeness (QED) is 0.504. The van der Waals surface area contributed by atoms with Gasteiger partial charge in [0.1, 0.15) is 0 Å². The minimum Gasteiger partial charge on any atom is -0.356 e. The van der Waals surface area contributed by atoms with Crippen LogP contribution in [0.3, 0.4) is 0 Å². The molecule has 1 aliphatic rings. The Hall–Kier alpha value is -0.530. The molecule has 1 saturated heterocycles. The highest BCUT2D eigenvalue weighted by molar-refractivity contribution is 5.75. The summed E-state index contributed by atoms with van der Waals surface area (Å²) in [7, 11) is 0. The van der Waals surface area contributed by atoms with Gasteiger partial charge in [0.05, 0.1) is 0 Å². The SMILES string of the molecule is [2H]C1([2H])NC(=O)C([2H])([2H])C([2H])([2H])C([2H])([2H])C1([2H])[2H]. The van der Waals surface area contributed by atoms with Crippen molar-refractivity contribution in [1.82, 2.24) is 5.32 Å². The maximum Gasteiger partial charge on any atom is 0.219 e. The summed E-state index contributed by atoms with van der Waals surface area (Å²) in [5.74, 6) is -1.73. The molecular weight excluding hydrogens is 102 g/mol. The van der Waals surface area contributed by atoms with E-state index in [2.05, 4.69) is 0 Å². The molecule has 46 valence electrons. The van der Waals surface area contributed by atoms with Crippen LogP contribution in [-0.2, 0) is 4.79 Å². The molecule has 0 unspecified atom stereocenters. The predicted octanol–water partition coefficient (Wildman–Crippen LogP) is 0.677. The lowest BCUT2D eigenvalue weighted by molar-refractivity contribution is -0.120. The highest BCUT2D eigenvalue weighted by atomic mass is 16.1. The molecule has 1 rings (SSSR count). The highest BCUT2D eigenvalue weighted by Gasteiger charge is 2.03. The Morgan fingerprint density at radius 1 is 1.50 bits per heavy atom. The Labute approximate surface area is 63.3 Å². The van der Waals surface area contributed by atoms with E-state index in [0.29, 0.717) is 0 Å². The van der Waals surface area contributed by atoms with Crippen molar-refractivity contribution in [3.05, 3.63) is 0 Å². The van der Waals surface area contributed by atoms with Gasteiger partial charge in [-0.2, -0.15) is 0 Å². The van der Waals surface area contributed by atoms with Crippen LogP contribution in [-0.4, -0.2) is 12.4 Å². The Morgan fingerprint density at radius 2 is 2.38 bits per heavy atom. The maximum absolute atomic E-state index is 11.4. The first-order chi connectivity index (χ1) is 7.63. The fourth-order valence-corrected chi connectivity index (χ4v) is 0.270. The van der Waals surface area contributed by atoms with Gasteiger partial charge in [0.2, 0.25) is 5.91 Å². The largest absolute Gasteiger partial charge is 0.356 e. The number of carbonyl (C=O) groups is 1. The van der Waals surface area contributed by atoms with Crippen LogP contribution in [0.25, 0.3) is 0 Å². The van der Waals surface area contributed by atoms with E-state index in [-0.39, 0.29) is 0 Å². The molecule has 0 aliphatic carbocycles. The molecule has 8 heavy (non-hydrogen) atoms. The van der Waals surface area contributed by atoms with Crippen LogP contribution in [0.15, 0.2) is 0 Å². The summed E-state index contributed by atoms with van der Waals surface area (Å²) in [5.41, 5.74) is 0. The summed E-state index contributed by atoms with van der Waals surface area (Å²) in [6.07, 6.45) is -14.0. The standard InChI is InChI=1S/C6H11NO/c8-6-4-2-1-3-5-7-6/h1-5H2,(H,7,8)/i1D2,2D2,3D2,4D2,5D2. The third-order valence-corrected chi connectivity index (χ3v) is 0.540. The summed E-state index contributed by atoms with van der Waals surface area (Å²) in [4.78, 5) is 11.4. The second-order valence-electron chi connectivity index (χ2n) is 1.08. The number of amides is 1. The van der Waals surface area contributed by atoms with Crippen LogP contribution in [0.4, 0.5) is 0 Å². The van der Waals surface area contributed by atoms with Crippen LogP contribution < -0.4 is 5.32 Å². The van der Waals surface area contributed by atoms with Gasteiger partial charge < -0.3 is 5.32 Å². The monoisotopic (exact) mass is 123 g/mol. The van der Waals surface area contributed by atoms with E-state index >= 15 is 0 Å². The zero-order valence-electron chi connectivity index (χ0n) is 13.9. The Kier molecular flexibility index (Phi) is 0.346. The lowest BCUT2D eigenvalue weighted by Crippen LogP contribution is -2.21. The van der Waals surface area contributed by atoms with Crippen LogP contribution in [0.5, 0.6) is 0 Å². The molecule has 0 aromatic rings. The lowest BCUT2D eigenvalue weighted by Gasteiger charge is -1.93. The molecule has 1 amide bonds. The third-order valence-electron chi connectivity index (χ3n) is 0.540. The Balaban J connectivity index is 3.62. The van der Waals surface area contributed by atoms with E-state index in [1.165, 1.54) is 5.32 Å². The lowest BCUT2D eigenvalue weighted by atomic mass is 10.2. The smallest absolute Gasteiger partial charge is 0.219 e. The fraction of sp³-hybridized carbons (Fsp3) is 0.833. The van der Waals surface area contributed by atoms with Crippen molar-refractivity contribution in [2.45, 2.75) is 25.5 Å². The van der Waals surface area contributed by atoms with Crippen molar-refractivity contribution in [1.29, 1.82) is 0 Å². The van der Waals surface area contributed by atoms with Crippen LogP contribution in [0, 0.1) is 0 Å². The molecular formula is C6H11NO. The van der Waals surface area contributed by atoms with Crippen molar-refractivity contribution in [2.75, 3.05) is 6.50 Å². The average Bonchev–Trinajstić information content (AvgIpc) is 2.15. The van der Waals surface area contributed by atoms with Gasteiger partial charge in [0, 0.05) is 26.6 Å². The number of hydrogen-bond acceptors (Lipinski definition) is 1. The topological polar surface area (TPSA) is 29.1 Å². The van der Waals surface area contributed by atoms with E-state index in [4.69, 9.17) is 13.7 Å². The first-order valence-corrected chi connectivity index (χ1v) is 1.95. The molecule has 0 saturated carbocycles. The van der Waals surface area contributed by atoms with Crippen molar-refractivity contribution >= 4 is 5.91 Å². The molecule has 1 N–H and O–H groups in total. The first-order valence-electron chi connectivity index (χ1n) is 6.95. The number of rotatable bonds is 0. The molecule has 0 radical (unpaired) electrons. The van der Waals surface area contributed by atoms with Gasteiger partial charge in [-0.25, -0.2) is 0 Å². The van der Waals surface area contributed by atoms with Crippen molar-refractivity contribution < 1.29 is 18.5 Å². The zero-order valence-corrected chi connectivity index (χ0v) is 3.91. The zero-order chi connectivity index (χ0) is 14.8. The van der Waals surface area contributed by atoms with Gasteiger partial charge >= 0.3 is 0 Å². The molecule has 2 nitrogen and oxygen atoms in total. The van der Waals surface area contributed by atoms with E-state index in [1.807, 2.05) is 0 Å². The average molecular weight is 123 g/mol. The van der Waals surface area contributed by atoms with Crippen molar-refractivity contribution in [2.24, 2.45) is 0 Å². The van der Waals surface area contributed by atoms with Gasteiger partial charge in [0.15, 0.2) is 0 Å². The highest BCUT2D eigenvalue weighted by Crippen LogP contribution is 2.02. The van der Waals surface area contributed by atoms with E-state index in [0.717, 1.165) is 0 Å².